The first-order valence-corrected chi connectivity index (χ1v) is 30.9. The number of benzene rings is 12. The van der Waals surface area contributed by atoms with Gasteiger partial charge in [0.15, 0.2) is 0 Å². The maximum absolute atomic E-state index is 2.79. The number of anilines is 5. The van der Waals surface area contributed by atoms with Gasteiger partial charge in [-0.25, -0.2) is 0 Å². The van der Waals surface area contributed by atoms with Crippen molar-refractivity contribution in [2.75, 3.05) is 9.80 Å². The first kappa shape index (κ1) is 50.6. The van der Waals surface area contributed by atoms with Crippen LogP contribution in [-0.4, -0.2) is 15.2 Å². The van der Waals surface area contributed by atoms with Crippen molar-refractivity contribution < 1.29 is 0 Å². The Bertz CT molecular complexity index is 4950. The van der Waals surface area contributed by atoms with E-state index in [1.165, 1.54) is 173 Å². The Kier molecular flexibility index (Phi) is 11.9. The quantitative estimate of drug-likeness (QED) is 0.127. The number of hydrogen-bond acceptors (Lipinski definition) is 2. The van der Waals surface area contributed by atoms with Crippen molar-refractivity contribution in [3.05, 3.63) is 257 Å². The fourth-order valence-electron chi connectivity index (χ4n) is 15.5. The Hall–Kier alpha value is -9.12. The van der Waals surface area contributed by atoms with Gasteiger partial charge in [0.2, 0.25) is 0 Å². The van der Waals surface area contributed by atoms with Crippen LogP contribution in [0.1, 0.15) is 103 Å². The number of nitrogens with zero attached hydrogens (tertiary/aromatic N) is 4. The van der Waals surface area contributed by atoms with E-state index in [9.17, 15) is 0 Å². The topological polar surface area (TPSA) is 16.3 Å². The van der Waals surface area contributed by atoms with E-state index in [2.05, 4.69) is 273 Å². The summed E-state index contributed by atoms with van der Waals surface area (Å²) >= 11 is 0. The molecule has 1 unspecified atom stereocenters. The summed E-state index contributed by atoms with van der Waals surface area (Å²) in [5, 5.41) is 13.1. The first-order chi connectivity index (χ1) is 41.1. The Morgan fingerprint density at radius 3 is 1.51 bits per heavy atom. The molecule has 16 rings (SSSR count). The Balaban J connectivity index is 0.985. The highest BCUT2D eigenvalue weighted by atomic mass is 15.2. The van der Waals surface area contributed by atoms with Crippen molar-refractivity contribution in [3.63, 3.8) is 0 Å². The monoisotopic (exact) mass is 1090 g/mol. The SMILES string of the molecule is Cc1cccc(-n2c3ccccc3c3ccc(N(c4cccc5c4CCCC5)c4cc(C(C)C)c5ccc6c(N(c7ccc8c9ccccc9n(-c9cccc(C)c9)c8c7)C7CCc8ccccc8C7)cc(C(C)C)c7ccc4c5c76)cc32)c1. The minimum Gasteiger partial charge on any atom is -0.337 e. The van der Waals surface area contributed by atoms with E-state index in [1.54, 1.807) is 0 Å². The third-order valence-electron chi connectivity index (χ3n) is 19.3. The molecular formula is C80H70N4. The molecule has 2 aliphatic rings. The zero-order valence-corrected chi connectivity index (χ0v) is 49.2. The average Bonchev–Trinajstić information content (AvgIpc) is 1.26. The summed E-state index contributed by atoms with van der Waals surface area (Å²) < 4.78 is 5.00. The van der Waals surface area contributed by atoms with E-state index in [1.807, 2.05) is 0 Å². The Morgan fingerprint density at radius 1 is 0.381 bits per heavy atom. The summed E-state index contributed by atoms with van der Waals surface area (Å²) in [5.41, 5.74) is 24.7. The third-order valence-corrected chi connectivity index (χ3v) is 19.3. The van der Waals surface area contributed by atoms with Crippen LogP contribution in [0.25, 0.3) is 87.3 Å². The third kappa shape index (κ3) is 7.93. The van der Waals surface area contributed by atoms with Crippen molar-refractivity contribution in [2.45, 2.75) is 104 Å². The highest BCUT2D eigenvalue weighted by Crippen LogP contribution is 2.53. The van der Waals surface area contributed by atoms with Crippen molar-refractivity contribution in [1.29, 1.82) is 0 Å². The van der Waals surface area contributed by atoms with Crippen molar-refractivity contribution >= 4 is 104 Å². The van der Waals surface area contributed by atoms with Gasteiger partial charge in [-0.3, -0.25) is 0 Å². The molecule has 0 N–H and O–H groups in total. The van der Waals surface area contributed by atoms with Crippen LogP contribution in [0.4, 0.5) is 28.4 Å². The van der Waals surface area contributed by atoms with E-state index in [0.717, 1.165) is 32.1 Å². The lowest BCUT2D eigenvalue weighted by molar-refractivity contribution is 0.564. The molecule has 0 spiro atoms. The van der Waals surface area contributed by atoms with Gasteiger partial charge in [0.05, 0.1) is 27.8 Å². The van der Waals surface area contributed by atoms with Gasteiger partial charge in [-0.1, -0.05) is 161 Å². The fraction of sp³-hybridized carbons (Fsp3) is 0.200. The summed E-state index contributed by atoms with van der Waals surface area (Å²) in [5.74, 6) is 0.540. The van der Waals surface area contributed by atoms with Crippen LogP contribution in [0, 0.1) is 13.8 Å². The summed E-state index contributed by atoms with van der Waals surface area (Å²) in [7, 11) is 0. The van der Waals surface area contributed by atoms with E-state index in [4.69, 9.17) is 0 Å². The molecule has 14 aromatic rings. The van der Waals surface area contributed by atoms with Gasteiger partial charge >= 0.3 is 0 Å². The zero-order chi connectivity index (χ0) is 56.5. The first-order valence-electron chi connectivity index (χ1n) is 30.9. The molecule has 0 bridgehead atoms. The van der Waals surface area contributed by atoms with Crippen LogP contribution in [0.2, 0.25) is 0 Å². The van der Waals surface area contributed by atoms with Crippen molar-refractivity contribution in [2.24, 2.45) is 0 Å². The fourth-order valence-corrected chi connectivity index (χ4v) is 15.5. The molecule has 4 heteroatoms. The van der Waals surface area contributed by atoms with Crippen LogP contribution >= 0.6 is 0 Å². The van der Waals surface area contributed by atoms with Gasteiger partial charge in [-0.2, -0.15) is 0 Å². The highest BCUT2D eigenvalue weighted by molar-refractivity contribution is 6.29. The predicted molar refractivity (Wildman–Crippen MR) is 359 cm³/mol. The van der Waals surface area contributed by atoms with Gasteiger partial charge in [0.1, 0.15) is 0 Å². The van der Waals surface area contributed by atoms with Gasteiger partial charge in [-0.05, 0) is 216 Å². The molecule has 84 heavy (non-hydrogen) atoms. The van der Waals surface area contributed by atoms with Crippen molar-refractivity contribution in [3.8, 4) is 11.4 Å². The highest BCUT2D eigenvalue weighted by Gasteiger charge is 2.32. The van der Waals surface area contributed by atoms with E-state index in [0.29, 0.717) is 0 Å². The second kappa shape index (κ2) is 19.8. The molecule has 410 valence electrons. The number of aryl methyl sites for hydroxylation is 4. The normalized spacial score (nSPS) is 14.5. The lowest BCUT2D eigenvalue weighted by atomic mass is 9.83. The van der Waals surface area contributed by atoms with Gasteiger partial charge in [0.25, 0.3) is 0 Å². The molecular weight excluding hydrogens is 1020 g/mol. The van der Waals surface area contributed by atoms with Crippen molar-refractivity contribution in [1.82, 2.24) is 9.13 Å². The average molecular weight is 1090 g/mol. The van der Waals surface area contributed by atoms with Crippen LogP contribution in [-0.2, 0) is 25.7 Å². The molecule has 0 aliphatic heterocycles. The molecule has 0 radical (unpaired) electrons. The summed E-state index contributed by atoms with van der Waals surface area (Å²) in [6.45, 7) is 14.0. The van der Waals surface area contributed by atoms with E-state index in [-0.39, 0.29) is 17.9 Å². The largest absolute Gasteiger partial charge is 0.337 e. The van der Waals surface area contributed by atoms with Crippen LogP contribution in [0.3, 0.4) is 0 Å². The maximum atomic E-state index is 2.79. The predicted octanol–water partition coefficient (Wildman–Crippen LogP) is 21.7. The smallest absolute Gasteiger partial charge is 0.0561 e. The van der Waals surface area contributed by atoms with Crippen LogP contribution < -0.4 is 9.80 Å². The molecule has 4 nitrogen and oxygen atoms in total. The second-order valence-electron chi connectivity index (χ2n) is 25.1. The van der Waals surface area contributed by atoms with E-state index >= 15 is 0 Å². The molecule has 1 atom stereocenters. The molecule has 0 saturated heterocycles. The molecule has 12 aromatic carbocycles. The second-order valence-corrected chi connectivity index (χ2v) is 25.1. The molecule has 2 aromatic heterocycles. The lowest BCUT2D eigenvalue weighted by Gasteiger charge is -2.39. The summed E-state index contributed by atoms with van der Waals surface area (Å²) in [6.07, 6.45) is 7.67. The maximum Gasteiger partial charge on any atom is 0.0561 e. The number of fused-ring (bicyclic) bond motifs is 8. The minimum atomic E-state index is 0.222. The number of para-hydroxylation sites is 2. The standard InChI is InChI=1S/C80H70N4/c1-49(2)70-47-77(81(58-33-32-53-20-7-8-22-55(53)44-58)59-34-36-64-62-27-11-13-29-73(62)82(75(64)45-59)56-24-15-18-51(5)42-56)68-40-38-67-71(50(3)4)48-78(69-41-39-66(70)79(68)80(67)69)84(72-31-17-23-54-21-9-10-26-61(54)72)60-35-37-65-63-28-12-14-30-74(63)83(76(65)46-60)57-25-16-19-52(6)43-57/h7-8,11-20,22-25,27-31,34-43,45-50,58H,9-10,21,26,32-33,44H2,1-6H3. The van der Waals surface area contributed by atoms with Crippen LogP contribution in [0.5, 0.6) is 0 Å². The molecule has 0 fully saturated rings. The van der Waals surface area contributed by atoms with Gasteiger partial charge in [-0.15, -0.1) is 0 Å². The molecule has 2 heterocycles. The summed E-state index contributed by atoms with van der Waals surface area (Å²) in [4.78, 5) is 5.47. The minimum absolute atomic E-state index is 0.222. The number of rotatable bonds is 10. The molecule has 0 saturated carbocycles. The Morgan fingerprint density at radius 2 is 0.881 bits per heavy atom. The van der Waals surface area contributed by atoms with Gasteiger partial charge in [0, 0.05) is 72.5 Å². The molecule has 2 aliphatic carbocycles. The number of aromatic nitrogens is 2. The molecule has 0 amide bonds. The summed E-state index contributed by atoms with van der Waals surface area (Å²) in [6, 6.07) is 82.3. The zero-order valence-electron chi connectivity index (χ0n) is 49.2. The lowest BCUT2D eigenvalue weighted by Crippen LogP contribution is -2.36. The van der Waals surface area contributed by atoms with E-state index < -0.39 is 0 Å². The van der Waals surface area contributed by atoms with Gasteiger partial charge < -0.3 is 18.9 Å². The number of hydrogen-bond donors (Lipinski definition) is 0. The van der Waals surface area contributed by atoms with Crippen LogP contribution in [0.15, 0.2) is 212 Å². The Labute approximate surface area is 493 Å².